The normalized spacial score (nSPS) is 11.5. The first kappa shape index (κ1) is 10.6. The molecule has 0 radical (unpaired) electrons. The Morgan fingerprint density at radius 3 is 2.36 bits per heavy atom. The maximum absolute atomic E-state index is 11.4. The summed E-state index contributed by atoms with van der Waals surface area (Å²) in [5.41, 5.74) is -4.24. The molecular weight excluding hydrogens is 181 g/mol. The van der Waals surface area contributed by atoms with Crippen LogP contribution in [0.3, 0.4) is 0 Å². The summed E-state index contributed by atoms with van der Waals surface area (Å²) >= 11 is -0.188. The Kier molecular flexibility index (Phi) is 4.32. The number of halogens is 3. The van der Waals surface area contributed by atoms with Gasteiger partial charge in [0.15, 0.2) is 0 Å². The van der Waals surface area contributed by atoms with Gasteiger partial charge in [-0.15, -0.1) is 0 Å². The van der Waals surface area contributed by atoms with Crippen molar-refractivity contribution < 1.29 is 23.1 Å². The number of alkyl halides is 3. The smallest absolute Gasteiger partial charge is 0.441 e. The van der Waals surface area contributed by atoms with Crippen LogP contribution >= 0.6 is 11.8 Å². The van der Waals surface area contributed by atoms with E-state index in [0.29, 0.717) is 0 Å². The molecule has 0 rings (SSSR count). The van der Waals surface area contributed by atoms with Crippen LogP contribution in [-0.4, -0.2) is 22.3 Å². The number of carboxylic acids is 1. The first-order valence-electron chi connectivity index (χ1n) is 2.84. The van der Waals surface area contributed by atoms with E-state index in [1.807, 2.05) is 0 Å². The van der Waals surface area contributed by atoms with Crippen LogP contribution in [0.5, 0.6) is 0 Å². The topological polar surface area (TPSA) is 37.3 Å². The first-order valence-corrected chi connectivity index (χ1v) is 3.83. The first-order chi connectivity index (χ1) is 4.92. The quantitative estimate of drug-likeness (QED) is 0.686. The lowest BCUT2D eigenvalue weighted by Gasteiger charge is -2.02. The summed E-state index contributed by atoms with van der Waals surface area (Å²) in [6.07, 6.45) is -0.150. The molecule has 0 aromatic rings. The van der Waals surface area contributed by atoms with Crippen molar-refractivity contribution in [1.29, 1.82) is 0 Å². The highest BCUT2D eigenvalue weighted by Gasteiger charge is 2.27. The maximum atomic E-state index is 11.4. The van der Waals surface area contributed by atoms with Crippen molar-refractivity contribution in [2.45, 2.75) is 18.3 Å². The predicted molar refractivity (Wildman–Crippen MR) is 35.4 cm³/mol. The Morgan fingerprint density at radius 1 is 1.45 bits per heavy atom. The minimum atomic E-state index is -4.24. The summed E-state index contributed by atoms with van der Waals surface area (Å²) in [6.45, 7) is 0. The molecule has 66 valence electrons. The third-order valence-electron chi connectivity index (χ3n) is 0.801. The summed E-state index contributed by atoms with van der Waals surface area (Å²) < 4.78 is 34.2. The van der Waals surface area contributed by atoms with Gasteiger partial charge in [0.05, 0.1) is 0 Å². The molecule has 2 nitrogen and oxygen atoms in total. The summed E-state index contributed by atoms with van der Waals surface area (Å²) in [6, 6.07) is 0. The number of aliphatic carboxylic acids is 1. The SMILES string of the molecule is O=C(O)CCCSC(F)(F)F. The fraction of sp³-hybridized carbons (Fsp3) is 0.800. The third-order valence-corrected chi connectivity index (χ3v) is 1.62. The van der Waals surface area contributed by atoms with Crippen LogP contribution in [0, 0.1) is 0 Å². The van der Waals surface area contributed by atoms with Gasteiger partial charge in [-0.3, -0.25) is 4.79 Å². The summed E-state index contributed by atoms with van der Waals surface area (Å²) in [5, 5.41) is 8.05. The van der Waals surface area contributed by atoms with Crippen molar-refractivity contribution in [2.24, 2.45) is 0 Å². The van der Waals surface area contributed by atoms with Crippen molar-refractivity contribution >= 4 is 17.7 Å². The molecule has 0 aliphatic carbocycles. The molecule has 0 bridgehead atoms. The Balaban J connectivity index is 3.22. The zero-order valence-electron chi connectivity index (χ0n) is 5.52. The molecule has 0 aromatic heterocycles. The second kappa shape index (κ2) is 4.48. The second-order valence-corrected chi connectivity index (χ2v) is 2.95. The third kappa shape index (κ3) is 9.61. The van der Waals surface area contributed by atoms with Crippen LogP contribution in [0.25, 0.3) is 0 Å². The fourth-order valence-corrected chi connectivity index (χ4v) is 0.931. The minimum Gasteiger partial charge on any atom is -0.481 e. The Bertz CT molecular complexity index is 134. The lowest BCUT2D eigenvalue weighted by atomic mass is 10.3. The van der Waals surface area contributed by atoms with Gasteiger partial charge in [-0.2, -0.15) is 13.2 Å². The molecule has 0 aliphatic rings. The van der Waals surface area contributed by atoms with Gasteiger partial charge < -0.3 is 5.11 Å². The molecule has 0 saturated carbocycles. The molecule has 1 N–H and O–H groups in total. The average Bonchev–Trinajstić information content (AvgIpc) is 1.78. The molecule has 0 atom stereocenters. The van der Waals surface area contributed by atoms with Gasteiger partial charge in [0, 0.05) is 12.2 Å². The van der Waals surface area contributed by atoms with E-state index in [-0.39, 0.29) is 30.4 Å². The van der Waals surface area contributed by atoms with E-state index in [2.05, 4.69) is 0 Å². The van der Waals surface area contributed by atoms with Crippen LogP contribution in [0.1, 0.15) is 12.8 Å². The van der Waals surface area contributed by atoms with E-state index in [9.17, 15) is 18.0 Å². The van der Waals surface area contributed by atoms with Gasteiger partial charge in [0.2, 0.25) is 0 Å². The van der Waals surface area contributed by atoms with Crippen molar-refractivity contribution in [1.82, 2.24) is 0 Å². The van der Waals surface area contributed by atoms with Gasteiger partial charge >= 0.3 is 11.5 Å². The molecule has 0 aliphatic heterocycles. The van der Waals surface area contributed by atoms with Crippen LogP contribution < -0.4 is 0 Å². The second-order valence-electron chi connectivity index (χ2n) is 1.79. The largest absolute Gasteiger partial charge is 0.481 e. The summed E-state index contributed by atoms with van der Waals surface area (Å²) in [5.74, 6) is -1.25. The lowest BCUT2D eigenvalue weighted by molar-refractivity contribution is -0.137. The standard InChI is InChI=1S/C5H7F3O2S/c6-5(7,8)11-3-1-2-4(9)10/h1-3H2,(H,9,10). The van der Waals surface area contributed by atoms with Gasteiger partial charge in [-0.25, -0.2) is 0 Å². The number of hydrogen-bond donors (Lipinski definition) is 1. The fourth-order valence-electron chi connectivity index (χ4n) is 0.411. The number of carboxylic acid groups (broad SMARTS) is 1. The van der Waals surface area contributed by atoms with Crippen LogP contribution in [0.15, 0.2) is 0 Å². The molecule has 0 fully saturated rings. The number of thioether (sulfide) groups is 1. The van der Waals surface area contributed by atoms with E-state index in [1.54, 1.807) is 0 Å². The van der Waals surface area contributed by atoms with Crippen molar-refractivity contribution in [3.05, 3.63) is 0 Å². The van der Waals surface area contributed by atoms with Gasteiger partial charge in [-0.1, -0.05) is 11.8 Å². The van der Waals surface area contributed by atoms with Gasteiger partial charge in [0.1, 0.15) is 0 Å². The van der Waals surface area contributed by atoms with Crippen LogP contribution in [0.4, 0.5) is 13.2 Å². The van der Waals surface area contributed by atoms with E-state index in [0.717, 1.165) is 0 Å². The highest BCUT2D eigenvalue weighted by Crippen LogP contribution is 2.30. The Labute approximate surface area is 65.8 Å². The molecule has 0 saturated heterocycles. The zero-order chi connectivity index (χ0) is 8.91. The number of rotatable bonds is 4. The molecule has 11 heavy (non-hydrogen) atoms. The lowest BCUT2D eigenvalue weighted by Crippen LogP contribution is -2.02. The van der Waals surface area contributed by atoms with Crippen molar-refractivity contribution in [2.75, 3.05) is 5.75 Å². The van der Waals surface area contributed by atoms with Crippen molar-refractivity contribution in [3.8, 4) is 0 Å². The maximum Gasteiger partial charge on any atom is 0.441 e. The van der Waals surface area contributed by atoms with E-state index < -0.39 is 11.5 Å². The molecule has 0 spiro atoms. The van der Waals surface area contributed by atoms with Gasteiger partial charge in [0.25, 0.3) is 0 Å². The van der Waals surface area contributed by atoms with Gasteiger partial charge in [-0.05, 0) is 6.42 Å². The molecular formula is C5H7F3O2S. The number of hydrogen-bond acceptors (Lipinski definition) is 2. The number of carbonyl (C=O) groups is 1. The molecule has 6 heteroatoms. The van der Waals surface area contributed by atoms with E-state index in [1.165, 1.54) is 0 Å². The van der Waals surface area contributed by atoms with Crippen molar-refractivity contribution in [3.63, 3.8) is 0 Å². The minimum absolute atomic E-state index is 0.0551. The van der Waals surface area contributed by atoms with Crippen LogP contribution in [-0.2, 0) is 4.79 Å². The van der Waals surface area contributed by atoms with Crippen LogP contribution in [0.2, 0.25) is 0 Å². The van der Waals surface area contributed by atoms with E-state index >= 15 is 0 Å². The summed E-state index contributed by atoms with van der Waals surface area (Å²) in [4.78, 5) is 9.83. The molecule has 0 unspecified atom stereocenters. The molecule has 0 aromatic carbocycles. The zero-order valence-corrected chi connectivity index (χ0v) is 6.34. The average molecular weight is 188 g/mol. The highest BCUT2D eigenvalue weighted by atomic mass is 32.2. The summed E-state index contributed by atoms with van der Waals surface area (Å²) in [7, 11) is 0. The Hall–Kier alpha value is -0.390. The predicted octanol–water partition coefficient (Wildman–Crippen LogP) is 2.10. The Morgan fingerprint density at radius 2 is 2.00 bits per heavy atom. The molecule has 0 amide bonds. The molecule has 0 heterocycles. The monoisotopic (exact) mass is 188 g/mol. The highest BCUT2D eigenvalue weighted by molar-refractivity contribution is 8.00. The van der Waals surface area contributed by atoms with E-state index in [4.69, 9.17) is 5.11 Å².